The number of nitrogens with zero attached hydrogens (tertiary/aromatic N) is 1. The first-order valence-electron chi connectivity index (χ1n) is 4.06. The quantitative estimate of drug-likeness (QED) is 0.732. The second kappa shape index (κ2) is 4.02. The molecule has 0 atom stereocenters. The highest BCUT2D eigenvalue weighted by Crippen LogP contribution is 2.06. The van der Waals surface area contributed by atoms with Crippen molar-refractivity contribution < 1.29 is 0 Å². The van der Waals surface area contributed by atoms with E-state index in [-0.39, 0.29) is 0 Å². The Morgan fingerprint density at radius 2 is 2.33 bits per heavy atom. The van der Waals surface area contributed by atoms with Gasteiger partial charge in [-0.3, -0.25) is 4.98 Å². The van der Waals surface area contributed by atoms with Crippen molar-refractivity contribution in [3.8, 4) is 0 Å². The third-order valence-electron chi connectivity index (χ3n) is 1.66. The Balaban J connectivity index is 2.97. The highest BCUT2D eigenvalue weighted by atomic mass is 14.7. The molecule has 0 radical (unpaired) electrons. The normalized spacial score (nSPS) is 9.83. The number of hydrogen-bond acceptors (Lipinski definition) is 2. The van der Waals surface area contributed by atoms with E-state index >= 15 is 0 Å². The van der Waals surface area contributed by atoms with E-state index < -0.39 is 0 Å². The van der Waals surface area contributed by atoms with Gasteiger partial charge in [0.15, 0.2) is 0 Å². The zero-order valence-electron chi connectivity index (χ0n) is 7.38. The lowest BCUT2D eigenvalue weighted by molar-refractivity contribution is 0.911. The van der Waals surface area contributed by atoms with E-state index in [0.29, 0.717) is 6.54 Å². The first-order chi connectivity index (χ1) is 5.76. The smallest absolute Gasteiger partial charge is 0.0425 e. The molecule has 64 valence electrons. The molecular weight excluding hydrogens is 148 g/mol. The molecule has 2 nitrogen and oxygen atoms in total. The van der Waals surface area contributed by atoms with Crippen molar-refractivity contribution in [3.05, 3.63) is 35.7 Å². The highest BCUT2D eigenvalue weighted by molar-refractivity contribution is 5.47. The topological polar surface area (TPSA) is 38.9 Å². The predicted octanol–water partition coefficient (Wildman–Crippen LogP) is 1.53. The maximum atomic E-state index is 5.44. The number of rotatable bonds is 3. The number of aryl methyl sites for hydroxylation is 1. The van der Waals surface area contributed by atoms with Crippen LogP contribution in [0.25, 0.3) is 6.08 Å². The molecule has 12 heavy (non-hydrogen) atoms. The summed E-state index contributed by atoms with van der Waals surface area (Å²) in [7, 11) is 0. The summed E-state index contributed by atoms with van der Waals surface area (Å²) in [6.45, 7) is 6.34. The molecule has 0 aliphatic carbocycles. The van der Waals surface area contributed by atoms with Gasteiger partial charge >= 0.3 is 0 Å². The molecule has 0 aliphatic rings. The van der Waals surface area contributed by atoms with Crippen LogP contribution in [0.5, 0.6) is 0 Å². The van der Waals surface area contributed by atoms with Crippen LogP contribution >= 0.6 is 0 Å². The number of aromatic nitrogens is 1. The highest BCUT2D eigenvalue weighted by Gasteiger charge is 1.96. The van der Waals surface area contributed by atoms with Gasteiger partial charge in [0.2, 0.25) is 0 Å². The van der Waals surface area contributed by atoms with Crippen LogP contribution in [0.15, 0.2) is 18.7 Å². The van der Waals surface area contributed by atoms with Crippen molar-refractivity contribution >= 4 is 6.08 Å². The maximum absolute atomic E-state index is 5.44. The summed E-state index contributed by atoms with van der Waals surface area (Å²) in [6.07, 6.45) is 2.66. The molecule has 2 N–H and O–H groups in total. The van der Waals surface area contributed by atoms with Crippen molar-refractivity contribution in [3.63, 3.8) is 0 Å². The van der Waals surface area contributed by atoms with Crippen LogP contribution in [0.4, 0.5) is 0 Å². The zero-order chi connectivity index (χ0) is 8.97. The van der Waals surface area contributed by atoms with Gasteiger partial charge in [0, 0.05) is 17.8 Å². The SMILES string of the molecule is C=Cc1cc(C)nc(CCN)c1. The fraction of sp³-hybridized carbons (Fsp3) is 0.300. The van der Waals surface area contributed by atoms with Crippen molar-refractivity contribution in [2.24, 2.45) is 5.73 Å². The minimum Gasteiger partial charge on any atom is -0.330 e. The average Bonchev–Trinajstić information content (AvgIpc) is 2.04. The Morgan fingerprint density at radius 1 is 1.58 bits per heavy atom. The second-order valence-corrected chi connectivity index (χ2v) is 2.78. The standard InChI is InChI=1S/C10H14N2/c1-3-9-6-8(2)12-10(7-9)4-5-11/h3,6-7H,1,4-5,11H2,2H3. The molecule has 0 aromatic carbocycles. The summed E-state index contributed by atoms with van der Waals surface area (Å²) in [5.41, 5.74) is 8.63. The van der Waals surface area contributed by atoms with E-state index in [1.165, 1.54) is 0 Å². The number of nitrogens with two attached hydrogens (primary N) is 1. The summed E-state index contributed by atoms with van der Waals surface area (Å²) in [5, 5.41) is 0. The molecule has 0 unspecified atom stereocenters. The molecule has 0 fully saturated rings. The van der Waals surface area contributed by atoms with E-state index in [1.54, 1.807) is 0 Å². The first-order valence-corrected chi connectivity index (χ1v) is 4.06. The van der Waals surface area contributed by atoms with Gasteiger partial charge in [-0.2, -0.15) is 0 Å². The average molecular weight is 162 g/mol. The predicted molar refractivity (Wildman–Crippen MR) is 51.8 cm³/mol. The summed E-state index contributed by atoms with van der Waals surface area (Å²) < 4.78 is 0. The molecular formula is C10H14N2. The summed E-state index contributed by atoms with van der Waals surface area (Å²) >= 11 is 0. The molecule has 0 saturated heterocycles. The lowest BCUT2D eigenvalue weighted by Crippen LogP contribution is -2.05. The van der Waals surface area contributed by atoms with Gasteiger partial charge in [0.25, 0.3) is 0 Å². The zero-order valence-corrected chi connectivity index (χ0v) is 7.38. The number of pyridine rings is 1. The molecule has 1 heterocycles. The van der Waals surface area contributed by atoms with Crippen molar-refractivity contribution in [2.45, 2.75) is 13.3 Å². The third-order valence-corrected chi connectivity index (χ3v) is 1.66. The fourth-order valence-electron chi connectivity index (χ4n) is 1.16. The molecule has 1 aromatic heterocycles. The lowest BCUT2D eigenvalue weighted by atomic mass is 10.1. The maximum Gasteiger partial charge on any atom is 0.0425 e. The van der Waals surface area contributed by atoms with Crippen LogP contribution in [-0.2, 0) is 6.42 Å². The van der Waals surface area contributed by atoms with E-state index in [2.05, 4.69) is 11.6 Å². The molecule has 2 heteroatoms. The van der Waals surface area contributed by atoms with Gasteiger partial charge in [-0.05, 0) is 31.2 Å². The molecule has 0 spiro atoms. The van der Waals surface area contributed by atoms with E-state index in [1.807, 2.05) is 25.1 Å². The Kier molecular flexibility index (Phi) is 3.00. The molecule has 1 rings (SSSR count). The Labute approximate surface area is 73.1 Å². The molecule has 0 bridgehead atoms. The van der Waals surface area contributed by atoms with Gasteiger partial charge < -0.3 is 5.73 Å². The molecule has 0 amide bonds. The van der Waals surface area contributed by atoms with Crippen LogP contribution < -0.4 is 5.73 Å². The largest absolute Gasteiger partial charge is 0.330 e. The van der Waals surface area contributed by atoms with Crippen LogP contribution in [0, 0.1) is 6.92 Å². The minimum atomic E-state index is 0.646. The fourth-order valence-corrected chi connectivity index (χ4v) is 1.16. The molecule has 0 saturated carbocycles. The van der Waals surface area contributed by atoms with E-state index in [4.69, 9.17) is 5.73 Å². The number of hydrogen-bond donors (Lipinski definition) is 1. The van der Waals surface area contributed by atoms with Gasteiger partial charge in [-0.15, -0.1) is 0 Å². The Hall–Kier alpha value is -1.15. The van der Waals surface area contributed by atoms with Gasteiger partial charge in [0.1, 0.15) is 0 Å². The van der Waals surface area contributed by atoms with Crippen LogP contribution in [0.3, 0.4) is 0 Å². The van der Waals surface area contributed by atoms with Gasteiger partial charge in [-0.1, -0.05) is 12.7 Å². The minimum absolute atomic E-state index is 0.646. The van der Waals surface area contributed by atoms with Crippen molar-refractivity contribution in [1.29, 1.82) is 0 Å². The third kappa shape index (κ3) is 2.17. The van der Waals surface area contributed by atoms with Crippen LogP contribution in [-0.4, -0.2) is 11.5 Å². The first kappa shape index (κ1) is 8.94. The van der Waals surface area contributed by atoms with Gasteiger partial charge in [-0.25, -0.2) is 0 Å². The molecule has 1 aromatic rings. The van der Waals surface area contributed by atoms with Crippen molar-refractivity contribution in [1.82, 2.24) is 4.98 Å². The summed E-state index contributed by atoms with van der Waals surface area (Å²) in [5.74, 6) is 0. The Morgan fingerprint density at radius 3 is 2.92 bits per heavy atom. The lowest BCUT2D eigenvalue weighted by Gasteiger charge is -2.01. The van der Waals surface area contributed by atoms with Crippen molar-refractivity contribution in [2.75, 3.05) is 6.54 Å². The second-order valence-electron chi connectivity index (χ2n) is 2.78. The van der Waals surface area contributed by atoms with E-state index in [0.717, 1.165) is 23.4 Å². The van der Waals surface area contributed by atoms with Crippen LogP contribution in [0.2, 0.25) is 0 Å². The molecule has 0 aliphatic heterocycles. The summed E-state index contributed by atoms with van der Waals surface area (Å²) in [6, 6.07) is 4.03. The monoisotopic (exact) mass is 162 g/mol. The Bertz CT molecular complexity index is 279. The van der Waals surface area contributed by atoms with E-state index in [9.17, 15) is 0 Å². The van der Waals surface area contributed by atoms with Crippen LogP contribution in [0.1, 0.15) is 17.0 Å². The van der Waals surface area contributed by atoms with Gasteiger partial charge in [0.05, 0.1) is 0 Å². The summed E-state index contributed by atoms with van der Waals surface area (Å²) in [4.78, 5) is 4.34.